The minimum absolute atomic E-state index is 0. The zero-order chi connectivity index (χ0) is 18.0. The third kappa shape index (κ3) is 4.23. The number of hydrogen-bond acceptors (Lipinski definition) is 5. The van der Waals surface area contributed by atoms with E-state index in [1.807, 2.05) is 49.3 Å². The molecule has 0 fully saturated rings. The maximum absolute atomic E-state index is 12.3. The lowest BCUT2D eigenvalue weighted by atomic mass is 10.0. The predicted octanol–water partition coefficient (Wildman–Crippen LogP) is 1.70. The van der Waals surface area contributed by atoms with Gasteiger partial charge in [-0.2, -0.15) is 0 Å². The Kier molecular flexibility index (Phi) is 6.75. The molecule has 0 atom stereocenters. The smallest absolute Gasteiger partial charge is 0.163 e. The Morgan fingerprint density at radius 2 is 1.85 bits per heavy atom. The van der Waals surface area contributed by atoms with Crippen molar-refractivity contribution in [1.82, 2.24) is 4.90 Å². The number of thioether (sulfide) groups is 1. The molecule has 0 saturated heterocycles. The van der Waals surface area contributed by atoms with Crippen molar-refractivity contribution in [3.05, 3.63) is 59.4 Å². The van der Waals surface area contributed by atoms with Gasteiger partial charge in [0.1, 0.15) is 17.1 Å². The minimum atomic E-state index is -0.0481. The number of phenols is 1. The maximum atomic E-state index is 12.3. The summed E-state index contributed by atoms with van der Waals surface area (Å²) < 4.78 is 5.99. The SMILES string of the molecule is CC(=O)c1c(CSc2ccccc2)oc2ccc(O)c(CN(C)C)c12.[Cl-]. The van der Waals surface area contributed by atoms with Gasteiger partial charge in [0.05, 0.1) is 11.3 Å². The number of hydrogen-bond donors (Lipinski definition) is 1. The molecular weight excluding hydrogens is 370 g/mol. The molecule has 0 aliphatic heterocycles. The van der Waals surface area contributed by atoms with E-state index in [-0.39, 0.29) is 23.9 Å². The Bertz CT molecular complexity index is 906. The molecule has 0 bridgehead atoms. The summed E-state index contributed by atoms with van der Waals surface area (Å²) in [6, 6.07) is 13.4. The lowest BCUT2D eigenvalue weighted by Crippen LogP contribution is -3.00. The molecule has 2 aromatic carbocycles. The van der Waals surface area contributed by atoms with E-state index in [9.17, 15) is 9.90 Å². The third-order valence-electron chi connectivity index (χ3n) is 3.95. The molecule has 0 aliphatic rings. The molecule has 3 rings (SSSR count). The number of aromatic hydroxyl groups is 1. The quantitative estimate of drug-likeness (QED) is 0.513. The van der Waals surface area contributed by atoms with Crippen LogP contribution >= 0.6 is 11.8 Å². The fraction of sp³-hybridized carbons (Fsp3) is 0.250. The fourth-order valence-electron chi connectivity index (χ4n) is 2.91. The zero-order valence-corrected chi connectivity index (χ0v) is 16.5. The number of Topliss-reactive ketones (excluding diaryl/α,β-unsaturated/α-hetero) is 1. The number of carbonyl (C=O) groups is 1. The van der Waals surface area contributed by atoms with Crippen molar-refractivity contribution < 1.29 is 26.7 Å². The first-order chi connectivity index (χ1) is 12.0. The van der Waals surface area contributed by atoms with E-state index in [2.05, 4.69) is 0 Å². The highest BCUT2D eigenvalue weighted by atomic mass is 35.5. The number of furan rings is 1. The van der Waals surface area contributed by atoms with E-state index in [4.69, 9.17) is 4.42 Å². The van der Waals surface area contributed by atoms with Gasteiger partial charge in [-0.1, -0.05) is 18.2 Å². The van der Waals surface area contributed by atoms with E-state index < -0.39 is 0 Å². The average molecular weight is 391 g/mol. The average Bonchev–Trinajstić information content (AvgIpc) is 2.95. The highest BCUT2D eigenvalue weighted by Gasteiger charge is 2.22. The number of carbonyl (C=O) groups excluding carboxylic acids is 1. The molecule has 3 aromatic rings. The molecule has 1 aromatic heterocycles. The maximum Gasteiger partial charge on any atom is 0.163 e. The number of benzene rings is 2. The standard InChI is InChI=1S/C20H21NO3S.ClH/c1-13(22)19-18(12-25-14-7-5-4-6-8-14)24-17-10-9-16(23)15(20(17)19)11-21(2)3;/h4-10,23H,11-12H2,1-3H3;1H/p-1. The largest absolute Gasteiger partial charge is 1.00 e. The van der Waals surface area contributed by atoms with Crippen molar-refractivity contribution in [3.63, 3.8) is 0 Å². The summed E-state index contributed by atoms with van der Waals surface area (Å²) in [6.45, 7) is 2.08. The van der Waals surface area contributed by atoms with Gasteiger partial charge in [-0.15, -0.1) is 11.8 Å². The molecule has 0 unspecified atom stereocenters. The van der Waals surface area contributed by atoms with Crippen LogP contribution in [0, 0.1) is 0 Å². The van der Waals surface area contributed by atoms with Crippen LogP contribution in [0.5, 0.6) is 5.75 Å². The molecule has 1 N–H and O–H groups in total. The van der Waals surface area contributed by atoms with Crippen LogP contribution in [0.1, 0.15) is 28.6 Å². The van der Waals surface area contributed by atoms with Gasteiger partial charge in [0, 0.05) is 22.4 Å². The van der Waals surface area contributed by atoms with Gasteiger partial charge in [-0.3, -0.25) is 4.79 Å². The van der Waals surface area contributed by atoms with E-state index >= 15 is 0 Å². The molecule has 0 saturated carbocycles. The molecule has 0 aliphatic carbocycles. The van der Waals surface area contributed by atoms with E-state index in [1.54, 1.807) is 30.8 Å². The summed E-state index contributed by atoms with van der Waals surface area (Å²) in [5.74, 6) is 1.36. The number of fused-ring (bicyclic) bond motifs is 1. The topological polar surface area (TPSA) is 53.7 Å². The Morgan fingerprint density at radius 3 is 2.46 bits per heavy atom. The molecule has 6 heteroatoms. The normalized spacial score (nSPS) is 10.9. The summed E-state index contributed by atoms with van der Waals surface area (Å²) in [7, 11) is 3.86. The van der Waals surface area contributed by atoms with Gasteiger partial charge < -0.3 is 26.8 Å². The van der Waals surface area contributed by atoms with Crippen LogP contribution in [-0.2, 0) is 12.3 Å². The lowest BCUT2D eigenvalue weighted by Gasteiger charge is -2.12. The van der Waals surface area contributed by atoms with Crippen molar-refractivity contribution in [2.45, 2.75) is 24.1 Å². The molecular formula is C20H21ClNO3S-. The molecule has 0 radical (unpaired) electrons. The molecule has 1 heterocycles. The van der Waals surface area contributed by atoms with Crippen molar-refractivity contribution in [3.8, 4) is 5.75 Å². The molecule has 0 amide bonds. The molecule has 138 valence electrons. The van der Waals surface area contributed by atoms with Crippen LogP contribution in [0.15, 0.2) is 51.8 Å². The minimum Gasteiger partial charge on any atom is -1.00 e. The second kappa shape index (κ2) is 8.62. The number of phenolic OH excluding ortho intramolecular Hbond substituents is 1. The van der Waals surface area contributed by atoms with Crippen LogP contribution in [0.4, 0.5) is 0 Å². The first-order valence-electron chi connectivity index (χ1n) is 8.07. The first kappa shape index (κ1) is 20.4. The van der Waals surface area contributed by atoms with Gasteiger partial charge in [0.2, 0.25) is 0 Å². The second-order valence-corrected chi connectivity index (χ2v) is 7.28. The predicted molar refractivity (Wildman–Crippen MR) is 101 cm³/mol. The van der Waals surface area contributed by atoms with Gasteiger partial charge in [-0.25, -0.2) is 0 Å². The number of rotatable bonds is 6. The van der Waals surface area contributed by atoms with Gasteiger partial charge in [0.25, 0.3) is 0 Å². The van der Waals surface area contributed by atoms with E-state index in [0.717, 1.165) is 15.8 Å². The third-order valence-corrected chi connectivity index (χ3v) is 4.96. The molecule has 26 heavy (non-hydrogen) atoms. The summed E-state index contributed by atoms with van der Waals surface area (Å²) in [4.78, 5) is 15.4. The summed E-state index contributed by atoms with van der Waals surface area (Å²) in [6.07, 6.45) is 0. The number of nitrogens with zero attached hydrogens (tertiary/aromatic N) is 1. The van der Waals surface area contributed by atoms with Crippen LogP contribution < -0.4 is 12.4 Å². The second-order valence-electron chi connectivity index (χ2n) is 6.23. The summed E-state index contributed by atoms with van der Waals surface area (Å²) >= 11 is 1.63. The van der Waals surface area contributed by atoms with Crippen molar-refractivity contribution in [2.75, 3.05) is 14.1 Å². The van der Waals surface area contributed by atoms with E-state index in [1.165, 1.54) is 0 Å². The van der Waals surface area contributed by atoms with Crippen LogP contribution in [0.2, 0.25) is 0 Å². The molecule has 4 nitrogen and oxygen atoms in total. The summed E-state index contributed by atoms with van der Waals surface area (Å²) in [5.41, 5.74) is 1.95. The van der Waals surface area contributed by atoms with E-state index in [0.29, 0.717) is 29.2 Å². The van der Waals surface area contributed by atoms with Crippen LogP contribution in [0.3, 0.4) is 0 Å². The highest BCUT2D eigenvalue weighted by molar-refractivity contribution is 7.98. The first-order valence-corrected chi connectivity index (χ1v) is 9.05. The number of halogens is 1. The monoisotopic (exact) mass is 390 g/mol. The highest BCUT2D eigenvalue weighted by Crippen LogP contribution is 2.37. The van der Waals surface area contributed by atoms with Crippen molar-refractivity contribution >= 4 is 28.5 Å². The van der Waals surface area contributed by atoms with Gasteiger partial charge in [0.15, 0.2) is 5.78 Å². The Morgan fingerprint density at radius 1 is 1.15 bits per heavy atom. The number of ketones is 1. The zero-order valence-electron chi connectivity index (χ0n) is 15.0. The fourth-order valence-corrected chi connectivity index (χ4v) is 3.76. The Hall–Kier alpha value is -1.95. The van der Waals surface area contributed by atoms with Gasteiger partial charge in [-0.05, 0) is 45.3 Å². The Balaban J connectivity index is 0.00000243. The Labute approximate surface area is 163 Å². The van der Waals surface area contributed by atoms with Crippen molar-refractivity contribution in [2.24, 2.45) is 0 Å². The molecule has 0 spiro atoms. The van der Waals surface area contributed by atoms with Gasteiger partial charge >= 0.3 is 0 Å². The van der Waals surface area contributed by atoms with Crippen LogP contribution in [0.25, 0.3) is 11.0 Å². The van der Waals surface area contributed by atoms with Crippen LogP contribution in [-0.4, -0.2) is 29.9 Å². The summed E-state index contributed by atoms with van der Waals surface area (Å²) in [5, 5.41) is 11.0. The lowest BCUT2D eigenvalue weighted by molar-refractivity contribution is -0.0000149. The van der Waals surface area contributed by atoms with Crippen molar-refractivity contribution in [1.29, 1.82) is 0 Å².